The molecular weight excluding hydrogens is 288 g/mol. The van der Waals surface area contributed by atoms with E-state index in [9.17, 15) is 14.4 Å². The Balaban J connectivity index is 2.38. The first kappa shape index (κ1) is 16.0. The number of hydrogen-bond donors (Lipinski definition) is 1. The maximum Gasteiger partial charge on any atom is 0.306 e. The van der Waals surface area contributed by atoms with Crippen LogP contribution in [0.1, 0.15) is 34.3 Å². The SMILES string of the molecule is COc1c(C)cc(C)cc1C(=O)[C@@H]1OC(=O)C[C@@H]1CC(=O)O. The van der Waals surface area contributed by atoms with Crippen molar-refractivity contribution in [2.45, 2.75) is 32.8 Å². The third-order valence-electron chi connectivity index (χ3n) is 3.70. The van der Waals surface area contributed by atoms with Crippen LogP contribution >= 0.6 is 0 Å². The van der Waals surface area contributed by atoms with Crippen molar-refractivity contribution in [1.29, 1.82) is 0 Å². The molecule has 0 aliphatic carbocycles. The predicted octanol–water partition coefficient (Wildman–Crippen LogP) is 1.90. The Bertz CT molecular complexity index is 634. The van der Waals surface area contributed by atoms with E-state index in [4.69, 9.17) is 14.6 Å². The number of cyclic esters (lactones) is 1. The van der Waals surface area contributed by atoms with E-state index in [0.29, 0.717) is 11.3 Å². The van der Waals surface area contributed by atoms with E-state index >= 15 is 0 Å². The summed E-state index contributed by atoms with van der Waals surface area (Å²) < 4.78 is 10.3. The highest BCUT2D eigenvalue weighted by molar-refractivity contribution is 6.04. The van der Waals surface area contributed by atoms with Crippen molar-refractivity contribution < 1.29 is 29.0 Å². The Morgan fingerprint density at radius 3 is 2.64 bits per heavy atom. The van der Waals surface area contributed by atoms with Gasteiger partial charge in [-0.25, -0.2) is 0 Å². The van der Waals surface area contributed by atoms with E-state index in [1.165, 1.54) is 7.11 Å². The van der Waals surface area contributed by atoms with Crippen LogP contribution in [0.4, 0.5) is 0 Å². The molecule has 0 spiro atoms. The summed E-state index contributed by atoms with van der Waals surface area (Å²) in [6, 6.07) is 3.54. The van der Waals surface area contributed by atoms with E-state index in [0.717, 1.165) is 11.1 Å². The Hall–Kier alpha value is -2.37. The van der Waals surface area contributed by atoms with E-state index in [2.05, 4.69) is 0 Å². The number of ketones is 1. The second-order valence-electron chi connectivity index (χ2n) is 5.50. The van der Waals surface area contributed by atoms with Gasteiger partial charge in [-0.05, 0) is 31.0 Å². The van der Waals surface area contributed by atoms with Gasteiger partial charge in [0.2, 0.25) is 5.78 Å². The number of aliphatic carboxylic acids is 1. The Kier molecular flexibility index (Phi) is 4.49. The highest BCUT2D eigenvalue weighted by Gasteiger charge is 2.42. The predicted molar refractivity (Wildman–Crippen MR) is 77.0 cm³/mol. The van der Waals surface area contributed by atoms with Crippen LogP contribution in [-0.2, 0) is 14.3 Å². The van der Waals surface area contributed by atoms with Crippen molar-refractivity contribution in [3.05, 3.63) is 28.8 Å². The fourth-order valence-corrected chi connectivity index (χ4v) is 2.84. The van der Waals surface area contributed by atoms with Gasteiger partial charge in [-0.3, -0.25) is 14.4 Å². The molecule has 0 amide bonds. The average Bonchev–Trinajstić information content (AvgIpc) is 2.77. The summed E-state index contributed by atoms with van der Waals surface area (Å²) in [5.74, 6) is -2.25. The number of hydrogen-bond acceptors (Lipinski definition) is 5. The molecule has 0 bridgehead atoms. The van der Waals surface area contributed by atoms with Gasteiger partial charge in [0.15, 0.2) is 6.10 Å². The molecule has 1 aliphatic rings. The highest BCUT2D eigenvalue weighted by Crippen LogP contribution is 2.32. The Morgan fingerprint density at radius 1 is 1.36 bits per heavy atom. The van der Waals surface area contributed by atoms with Crippen molar-refractivity contribution in [3.8, 4) is 5.75 Å². The minimum absolute atomic E-state index is 0.0597. The van der Waals surface area contributed by atoms with Crippen LogP contribution in [0.3, 0.4) is 0 Å². The van der Waals surface area contributed by atoms with Gasteiger partial charge in [0, 0.05) is 5.92 Å². The van der Waals surface area contributed by atoms with Crippen LogP contribution in [0.5, 0.6) is 5.75 Å². The molecule has 6 heteroatoms. The zero-order chi connectivity index (χ0) is 16.4. The van der Waals surface area contributed by atoms with Crippen molar-refractivity contribution in [2.75, 3.05) is 7.11 Å². The van der Waals surface area contributed by atoms with Gasteiger partial charge >= 0.3 is 11.9 Å². The lowest BCUT2D eigenvalue weighted by Crippen LogP contribution is -2.29. The number of ether oxygens (including phenoxy) is 2. The maximum atomic E-state index is 12.7. The zero-order valence-electron chi connectivity index (χ0n) is 12.7. The minimum Gasteiger partial charge on any atom is -0.496 e. The normalized spacial score (nSPS) is 20.6. The topological polar surface area (TPSA) is 89.9 Å². The fourth-order valence-electron chi connectivity index (χ4n) is 2.84. The average molecular weight is 306 g/mol. The molecule has 1 aliphatic heterocycles. The summed E-state index contributed by atoms with van der Waals surface area (Å²) >= 11 is 0. The third-order valence-corrected chi connectivity index (χ3v) is 3.70. The van der Waals surface area contributed by atoms with E-state index in [1.54, 1.807) is 6.07 Å². The van der Waals surface area contributed by atoms with Crippen molar-refractivity contribution in [3.63, 3.8) is 0 Å². The minimum atomic E-state index is -1.07. The zero-order valence-corrected chi connectivity index (χ0v) is 12.7. The smallest absolute Gasteiger partial charge is 0.306 e. The van der Waals surface area contributed by atoms with Crippen LogP contribution < -0.4 is 4.74 Å². The maximum absolute atomic E-state index is 12.7. The summed E-state index contributed by atoms with van der Waals surface area (Å²) in [7, 11) is 1.46. The largest absolute Gasteiger partial charge is 0.496 e. The quantitative estimate of drug-likeness (QED) is 0.660. The van der Waals surface area contributed by atoms with Crippen molar-refractivity contribution in [1.82, 2.24) is 0 Å². The van der Waals surface area contributed by atoms with E-state index in [1.807, 2.05) is 19.9 Å². The number of benzene rings is 1. The molecule has 0 radical (unpaired) electrons. The fraction of sp³-hybridized carbons (Fsp3) is 0.438. The van der Waals surface area contributed by atoms with E-state index in [-0.39, 0.29) is 12.8 Å². The number of rotatable bonds is 5. The number of esters is 1. The standard InChI is InChI=1S/C16H18O6/c1-8-4-9(2)15(21-3)11(5-8)14(20)16-10(6-12(17)18)7-13(19)22-16/h4-5,10,16H,6-7H2,1-3H3,(H,17,18)/t10-,16+/m0/s1. The Morgan fingerprint density at radius 2 is 2.05 bits per heavy atom. The second kappa shape index (κ2) is 6.17. The van der Waals surface area contributed by atoms with Crippen LogP contribution in [-0.4, -0.2) is 36.0 Å². The first-order valence-electron chi connectivity index (χ1n) is 6.94. The molecular formula is C16H18O6. The number of carbonyl (C=O) groups excluding carboxylic acids is 2. The van der Waals surface area contributed by atoms with Gasteiger partial charge in [0.05, 0.1) is 25.5 Å². The summed E-state index contributed by atoms with van der Waals surface area (Å²) in [5.41, 5.74) is 1.99. The molecule has 0 aromatic heterocycles. The molecule has 1 N–H and O–H groups in total. The van der Waals surface area contributed by atoms with Gasteiger partial charge < -0.3 is 14.6 Å². The molecule has 0 saturated carbocycles. The van der Waals surface area contributed by atoms with Crippen molar-refractivity contribution >= 4 is 17.7 Å². The lowest BCUT2D eigenvalue weighted by atomic mass is 9.90. The monoisotopic (exact) mass is 306 g/mol. The van der Waals surface area contributed by atoms with Crippen LogP contribution in [0.15, 0.2) is 12.1 Å². The first-order chi connectivity index (χ1) is 10.3. The molecule has 0 unspecified atom stereocenters. The van der Waals surface area contributed by atoms with Gasteiger partial charge in [-0.15, -0.1) is 0 Å². The van der Waals surface area contributed by atoms with Crippen LogP contribution in [0.25, 0.3) is 0 Å². The summed E-state index contributed by atoms with van der Waals surface area (Å²) in [6.45, 7) is 3.66. The molecule has 118 valence electrons. The first-order valence-corrected chi connectivity index (χ1v) is 6.94. The van der Waals surface area contributed by atoms with Crippen molar-refractivity contribution in [2.24, 2.45) is 5.92 Å². The second-order valence-corrected chi connectivity index (χ2v) is 5.50. The number of carbonyl (C=O) groups is 3. The van der Waals surface area contributed by atoms with Crippen LogP contribution in [0, 0.1) is 19.8 Å². The molecule has 1 heterocycles. The number of methoxy groups -OCH3 is 1. The van der Waals surface area contributed by atoms with E-state index < -0.39 is 29.7 Å². The van der Waals surface area contributed by atoms with Crippen LogP contribution in [0.2, 0.25) is 0 Å². The number of aryl methyl sites for hydroxylation is 2. The lowest BCUT2D eigenvalue weighted by molar-refractivity contribution is -0.141. The molecule has 1 aromatic rings. The number of carboxylic acids is 1. The molecule has 2 rings (SSSR count). The van der Waals surface area contributed by atoms with Gasteiger partial charge in [-0.1, -0.05) is 6.07 Å². The van der Waals surface area contributed by atoms with Gasteiger partial charge in [-0.2, -0.15) is 0 Å². The molecule has 1 fully saturated rings. The number of carboxylic acid groups (broad SMARTS) is 1. The summed E-state index contributed by atoms with van der Waals surface area (Å²) in [6.07, 6.45) is -1.41. The molecule has 2 atom stereocenters. The van der Waals surface area contributed by atoms with Gasteiger partial charge in [0.25, 0.3) is 0 Å². The number of Topliss-reactive ketones (excluding diaryl/α,β-unsaturated/α-hetero) is 1. The summed E-state index contributed by atoms with van der Waals surface area (Å²) in [5, 5.41) is 8.92. The molecule has 6 nitrogen and oxygen atoms in total. The molecule has 22 heavy (non-hydrogen) atoms. The molecule has 1 saturated heterocycles. The lowest BCUT2D eigenvalue weighted by Gasteiger charge is -2.18. The van der Waals surface area contributed by atoms with Gasteiger partial charge in [0.1, 0.15) is 5.75 Å². The Labute approximate surface area is 128 Å². The molecule has 1 aromatic carbocycles. The summed E-state index contributed by atoms with van der Waals surface area (Å²) in [4.78, 5) is 35.1. The highest BCUT2D eigenvalue weighted by atomic mass is 16.6. The third kappa shape index (κ3) is 3.10.